The van der Waals surface area contributed by atoms with Gasteiger partial charge in [-0.2, -0.15) is 0 Å². The van der Waals surface area contributed by atoms with Gasteiger partial charge in [-0.25, -0.2) is 0 Å². The first kappa shape index (κ1) is 20.6. The van der Waals surface area contributed by atoms with E-state index in [0.717, 1.165) is 19.5 Å². The molecule has 28 heavy (non-hydrogen) atoms. The molecule has 0 bridgehead atoms. The minimum absolute atomic E-state index is 0.0904. The molecular formula is C22H29N3O2S. The van der Waals surface area contributed by atoms with E-state index in [0.29, 0.717) is 32.5 Å². The summed E-state index contributed by atoms with van der Waals surface area (Å²) < 4.78 is 0. The number of hydrogen-bond acceptors (Lipinski definition) is 4. The van der Waals surface area contributed by atoms with Crippen LogP contribution in [-0.4, -0.2) is 47.8 Å². The van der Waals surface area contributed by atoms with Crippen LogP contribution in [-0.2, 0) is 22.6 Å². The van der Waals surface area contributed by atoms with E-state index in [4.69, 9.17) is 5.73 Å². The first-order chi connectivity index (χ1) is 13.5. The number of carbonyl (C=O) groups excluding carboxylic acids is 2. The largest absolute Gasteiger partial charge is 0.369 e. The van der Waals surface area contributed by atoms with Crippen molar-refractivity contribution >= 4 is 23.2 Å². The van der Waals surface area contributed by atoms with Crippen molar-refractivity contribution in [1.29, 1.82) is 0 Å². The highest BCUT2D eigenvalue weighted by Gasteiger charge is 2.26. The van der Waals surface area contributed by atoms with Gasteiger partial charge in [0.25, 0.3) is 0 Å². The zero-order valence-electron chi connectivity index (χ0n) is 16.5. The minimum atomic E-state index is -0.246. The number of rotatable bonds is 8. The molecule has 2 aromatic rings. The summed E-state index contributed by atoms with van der Waals surface area (Å²) in [6.07, 6.45) is 2.27. The molecule has 1 aromatic heterocycles. The Hall–Kier alpha value is -2.18. The average molecular weight is 400 g/mol. The Kier molecular flexibility index (Phi) is 7.23. The van der Waals surface area contributed by atoms with Crippen LogP contribution in [0.2, 0.25) is 0 Å². The Morgan fingerprint density at radius 1 is 1.14 bits per heavy atom. The van der Waals surface area contributed by atoms with Crippen LogP contribution in [0.4, 0.5) is 0 Å². The molecule has 6 heteroatoms. The van der Waals surface area contributed by atoms with Gasteiger partial charge in [-0.15, -0.1) is 11.3 Å². The van der Waals surface area contributed by atoms with Gasteiger partial charge in [0.2, 0.25) is 11.8 Å². The van der Waals surface area contributed by atoms with Crippen LogP contribution in [0.1, 0.15) is 28.2 Å². The summed E-state index contributed by atoms with van der Waals surface area (Å²) in [6.45, 7) is 5.38. The number of aryl methyl sites for hydroxylation is 1. The molecule has 1 aromatic carbocycles. The summed E-state index contributed by atoms with van der Waals surface area (Å²) in [7, 11) is 0. The topological polar surface area (TPSA) is 66.6 Å². The third kappa shape index (κ3) is 5.91. The number of amides is 2. The van der Waals surface area contributed by atoms with E-state index in [1.807, 2.05) is 11.0 Å². The molecule has 1 fully saturated rings. The first-order valence-electron chi connectivity index (χ1n) is 9.90. The van der Waals surface area contributed by atoms with E-state index in [1.165, 1.54) is 15.3 Å². The maximum absolute atomic E-state index is 12.9. The molecule has 150 valence electrons. The van der Waals surface area contributed by atoms with Gasteiger partial charge in [0.1, 0.15) is 0 Å². The van der Waals surface area contributed by atoms with Crippen molar-refractivity contribution in [3.8, 4) is 0 Å². The smallest absolute Gasteiger partial charge is 0.236 e. The van der Waals surface area contributed by atoms with Crippen LogP contribution in [0.25, 0.3) is 0 Å². The maximum atomic E-state index is 12.9. The lowest BCUT2D eigenvalue weighted by atomic mass is 9.96. The van der Waals surface area contributed by atoms with Crippen LogP contribution in [0.5, 0.6) is 0 Å². The van der Waals surface area contributed by atoms with E-state index in [2.05, 4.69) is 48.2 Å². The summed E-state index contributed by atoms with van der Waals surface area (Å²) in [5.74, 6) is -0.193. The number of nitrogens with two attached hydrogens (primary N) is 1. The van der Waals surface area contributed by atoms with E-state index in [9.17, 15) is 9.59 Å². The van der Waals surface area contributed by atoms with Gasteiger partial charge in [-0.3, -0.25) is 14.5 Å². The monoisotopic (exact) mass is 399 g/mol. The van der Waals surface area contributed by atoms with Gasteiger partial charge < -0.3 is 10.6 Å². The Bertz CT molecular complexity index is 782. The van der Waals surface area contributed by atoms with Crippen LogP contribution >= 0.6 is 11.3 Å². The number of piperidine rings is 1. The van der Waals surface area contributed by atoms with Gasteiger partial charge in [-0.1, -0.05) is 30.3 Å². The molecule has 5 nitrogen and oxygen atoms in total. The molecule has 0 atom stereocenters. The molecule has 2 heterocycles. The van der Waals surface area contributed by atoms with Crippen molar-refractivity contribution in [2.24, 2.45) is 11.7 Å². The summed E-state index contributed by atoms with van der Waals surface area (Å²) in [4.78, 5) is 30.9. The lowest BCUT2D eigenvalue weighted by molar-refractivity contribution is -0.136. The maximum Gasteiger partial charge on any atom is 0.236 e. The fourth-order valence-corrected chi connectivity index (χ4v) is 4.57. The lowest BCUT2D eigenvalue weighted by Crippen LogP contribution is -2.46. The van der Waals surface area contributed by atoms with E-state index < -0.39 is 0 Å². The van der Waals surface area contributed by atoms with Crippen molar-refractivity contribution in [3.05, 3.63) is 57.8 Å². The summed E-state index contributed by atoms with van der Waals surface area (Å²) in [6, 6.07) is 14.7. The molecule has 0 saturated carbocycles. The van der Waals surface area contributed by atoms with Gasteiger partial charge in [0, 0.05) is 41.9 Å². The molecule has 1 aliphatic heterocycles. The Morgan fingerprint density at radius 2 is 1.86 bits per heavy atom. The molecule has 0 spiro atoms. The molecule has 0 radical (unpaired) electrons. The van der Waals surface area contributed by atoms with Gasteiger partial charge >= 0.3 is 0 Å². The fraction of sp³-hybridized carbons (Fsp3) is 0.455. The van der Waals surface area contributed by atoms with Gasteiger partial charge in [-0.05, 0) is 43.9 Å². The molecular weight excluding hydrogens is 370 g/mol. The van der Waals surface area contributed by atoms with Crippen molar-refractivity contribution in [1.82, 2.24) is 9.80 Å². The normalized spacial score (nSPS) is 15.1. The zero-order valence-corrected chi connectivity index (χ0v) is 17.3. The lowest BCUT2D eigenvalue weighted by Gasteiger charge is -2.32. The van der Waals surface area contributed by atoms with Crippen LogP contribution in [0, 0.1) is 12.8 Å². The molecule has 0 aliphatic carbocycles. The molecule has 1 saturated heterocycles. The molecule has 1 aliphatic rings. The Labute approximate surface area is 171 Å². The summed E-state index contributed by atoms with van der Waals surface area (Å²) >= 11 is 1.79. The Balaban J connectivity index is 1.59. The zero-order chi connectivity index (χ0) is 19.9. The van der Waals surface area contributed by atoms with Crippen LogP contribution in [0.15, 0.2) is 42.5 Å². The van der Waals surface area contributed by atoms with Crippen molar-refractivity contribution in [2.45, 2.75) is 32.7 Å². The second-order valence-corrected chi connectivity index (χ2v) is 8.89. The predicted octanol–water partition coefficient (Wildman–Crippen LogP) is 2.83. The average Bonchev–Trinajstić information content (AvgIpc) is 3.11. The van der Waals surface area contributed by atoms with Crippen molar-refractivity contribution < 1.29 is 9.59 Å². The SMILES string of the molecule is Cc1ccc(CN(CCc2ccccc2)CC(=O)N2CCC(C(N)=O)CC2)s1. The van der Waals surface area contributed by atoms with Crippen molar-refractivity contribution in [3.63, 3.8) is 0 Å². The molecule has 3 rings (SSSR count). The van der Waals surface area contributed by atoms with Crippen LogP contribution < -0.4 is 5.73 Å². The van der Waals surface area contributed by atoms with E-state index in [1.54, 1.807) is 11.3 Å². The highest BCUT2D eigenvalue weighted by molar-refractivity contribution is 7.11. The van der Waals surface area contributed by atoms with Gasteiger partial charge in [0.05, 0.1) is 6.54 Å². The number of hydrogen-bond donors (Lipinski definition) is 1. The third-order valence-electron chi connectivity index (χ3n) is 5.34. The number of likely N-dealkylation sites (tertiary alicyclic amines) is 1. The minimum Gasteiger partial charge on any atom is -0.369 e. The number of nitrogens with zero attached hydrogens (tertiary/aromatic N) is 2. The Morgan fingerprint density at radius 3 is 2.46 bits per heavy atom. The molecule has 2 N–H and O–H groups in total. The predicted molar refractivity (Wildman–Crippen MR) is 113 cm³/mol. The quantitative estimate of drug-likeness (QED) is 0.742. The number of thiophene rings is 1. The highest BCUT2D eigenvalue weighted by Crippen LogP contribution is 2.19. The molecule has 0 unspecified atom stereocenters. The first-order valence-corrected chi connectivity index (χ1v) is 10.7. The third-order valence-corrected chi connectivity index (χ3v) is 6.33. The number of carbonyl (C=O) groups is 2. The van der Waals surface area contributed by atoms with Crippen LogP contribution in [0.3, 0.4) is 0 Å². The summed E-state index contributed by atoms with van der Waals surface area (Å²) in [5, 5.41) is 0. The van der Waals surface area contributed by atoms with Crippen molar-refractivity contribution in [2.75, 3.05) is 26.2 Å². The van der Waals surface area contributed by atoms with Gasteiger partial charge in [0.15, 0.2) is 0 Å². The second kappa shape index (κ2) is 9.85. The van der Waals surface area contributed by atoms with E-state index in [-0.39, 0.29) is 17.7 Å². The second-order valence-electron chi connectivity index (χ2n) is 7.52. The number of benzene rings is 1. The standard InChI is InChI=1S/C22H29N3O2S/c1-17-7-8-20(28-17)15-24(12-9-18-5-3-2-4-6-18)16-21(26)25-13-10-19(11-14-25)22(23)27/h2-8,19H,9-16H2,1H3,(H2,23,27). The highest BCUT2D eigenvalue weighted by atomic mass is 32.1. The summed E-state index contributed by atoms with van der Waals surface area (Å²) in [5.41, 5.74) is 6.68. The fourth-order valence-electron chi connectivity index (χ4n) is 3.64. The van der Waals surface area contributed by atoms with E-state index >= 15 is 0 Å². The molecule has 2 amide bonds. The number of primary amides is 1.